The largest absolute Gasteiger partial charge is 0.479 e. The number of benzene rings is 1. The number of amides is 1. The van der Waals surface area contributed by atoms with Crippen molar-refractivity contribution in [3.05, 3.63) is 28.8 Å². The number of likely N-dealkylation sites (tertiary alicyclic amines) is 1. The normalized spacial score (nSPS) is 25.7. The molecular weight excluding hydrogens is 300 g/mol. The summed E-state index contributed by atoms with van der Waals surface area (Å²) in [5.74, 6) is 0.629. The Morgan fingerprint density at radius 1 is 1.36 bits per heavy atom. The van der Waals surface area contributed by atoms with Gasteiger partial charge in [-0.1, -0.05) is 17.7 Å². The third kappa shape index (κ3) is 3.39. The summed E-state index contributed by atoms with van der Waals surface area (Å²) >= 11 is 6.15. The fourth-order valence-electron chi connectivity index (χ4n) is 3.34. The van der Waals surface area contributed by atoms with Crippen molar-refractivity contribution in [1.29, 1.82) is 0 Å². The van der Waals surface area contributed by atoms with E-state index in [1.807, 2.05) is 24.0 Å². The standard InChI is InChI=1S/C17H23ClN2O2/c1-11-3-6-15(18)16(9-11)22-12(2)17(21)20-8-7-13-4-5-14(10-20)19-13/h3,6,9,12-14,19H,4-5,7-8,10H2,1-2H3. The Bertz CT molecular complexity index is 564. The molecule has 1 aromatic rings. The molecule has 0 saturated carbocycles. The Balaban J connectivity index is 1.65. The Hall–Kier alpha value is -1.26. The fraction of sp³-hybridized carbons (Fsp3) is 0.588. The van der Waals surface area contributed by atoms with Gasteiger partial charge in [-0.05, 0) is 50.8 Å². The predicted molar refractivity (Wildman–Crippen MR) is 87.4 cm³/mol. The topological polar surface area (TPSA) is 41.6 Å². The second kappa shape index (κ2) is 6.47. The van der Waals surface area contributed by atoms with Crippen molar-refractivity contribution in [1.82, 2.24) is 10.2 Å². The summed E-state index contributed by atoms with van der Waals surface area (Å²) in [6.45, 7) is 5.37. The van der Waals surface area contributed by atoms with E-state index < -0.39 is 6.10 Å². The zero-order valence-electron chi connectivity index (χ0n) is 13.1. The van der Waals surface area contributed by atoms with E-state index in [2.05, 4.69) is 5.32 Å². The number of carbonyl (C=O) groups is 1. The van der Waals surface area contributed by atoms with Crippen LogP contribution in [0, 0.1) is 6.92 Å². The first-order chi connectivity index (χ1) is 10.5. The van der Waals surface area contributed by atoms with Crippen LogP contribution in [0.3, 0.4) is 0 Å². The van der Waals surface area contributed by atoms with E-state index in [1.54, 1.807) is 13.0 Å². The number of nitrogens with zero attached hydrogens (tertiary/aromatic N) is 1. The molecule has 22 heavy (non-hydrogen) atoms. The van der Waals surface area contributed by atoms with Crippen LogP contribution in [0.25, 0.3) is 0 Å². The zero-order chi connectivity index (χ0) is 15.7. The molecule has 3 rings (SSSR count). The zero-order valence-corrected chi connectivity index (χ0v) is 13.9. The third-order valence-corrected chi connectivity index (χ3v) is 4.89. The molecule has 2 aliphatic heterocycles. The van der Waals surface area contributed by atoms with Gasteiger partial charge in [0.1, 0.15) is 5.75 Å². The predicted octanol–water partition coefficient (Wildman–Crippen LogP) is 2.77. The van der Waals surface area contributed by atoms with Gasteiger partial charge in [0.05, 0.1) is 5.02 Å². The Labute approximate surface area is 136 Å². The number of fused-ring (bicyclic) bond motifs is 2. The molecule has 2 heterocycles. The first kappa shape index (κ1) is 15.6. The average molecular weight is 323 g/mol. The molecule has 0 radical (unpaired) electrons. The number of rotatable bonds is 3. The van der Waals surface area contributed by atoms with E-state index in [0.29, 0.717) is 22.9 Å². The average Bonchev–Trinajstić information content (AvgIpc) is 2.81. The lowest BCUT2D eigenvalue weighted by atomic mass is 10.1. The van der Waals surface area contributed by atoms with Gasteiger partial charge in [0.2, 0.25) is 0 Å². The summed E-state index contributed by atoms with van der Waals surface area (Å²) in [4.78, 5) is 14.6. The van der Waals surface area contributed by atoms with Gasteiger partial charge in [-0.2, -0.15) is 0 Å². The van der Waals surface area contributed by atoms with E-state index >= 15 is 0 Å². The van der Waals surface area contributed by atoms with Crippen LogP contribution in [0.4, 0.5) is 0 Å². The lowest BCUT2D eigenvalue weighted by Gasteiger charge is -2.27. The monoisotopic (exact) mass is 322 g/mol. The van der Waals surface area contributed by atoms with Crippen molar-refractivity contribution in [2.45, 2.75) is 51.3 Å². The highest BCUT2D eigenvalue weighted by Crippen LogP contribution is 2.27. The summed E-state index contributed by atoms with van der Waals surface area (Å²) in [7, 11) is 0. The maximum atomic E-state index is 12.7. The molecule has 0 aliphatic carbocycles. The van der Waals surface area contributed by atoms with Crippen LogP contribution in [0.1, 0.15) is 31.7 Å². The molecule has 2 bridgehead atoms. The van der Waals surface area contributed by atoms with Crippen LogP contribution < -0.4 is 10.1 Å². The van der Waals surface area contributed by atoms with Crippen molar-refractivity contribution >= 4 is 17.5 Å². The molecule has 2 fully saturated rings. The summed E-state index contributed by atoms with van der Waals surface area (Å²) in [5.41, 5.74) is 1.07. The van der Waals surface area contributed by atoms with Crippen molar-refractivity contribution in [2.24, 2.45) is 0 Å². The first-order valence-corrected chi connectivity index (χ1v) is 8.38. The molecule has 4 nitrogen and oxygen atoms in total. The maximum absolute atomic E-state index is 12.7. The minimum Gasteiger partial charge on any atom is -0.479 e. The van der Waals surface area contributed by atoms with Gasteiger partial charge in [-0.25, -0.2) is 0 Å². The van der Waals surface area contributed by atoms with E-state index in [1.165, 1.54) is 6.42 Å². The van der Waals surface area contributed by atoms with Gasteiger partial charge in [-0.15, -0.1) is 0 Å². The van der Waals surface area contributed by atoms with Gasteiger partial charge in [-0.3, -0.25) is 4.79 Å². The smallest absolute Gasteiger partial charge is 0.263 e. The molecule has 0 spiro atoms. The summed E-state index contributed by atoms with van der Waals surface area (Å²) in [6.07, 6.45) is 2.90. The first-order valence-electron chi connectivity index (χ1n) is 8.00. The second-order valence-corrected chi connectivity index (χ2v) is 6.81. The molecule has 120 valence electrons. The van der Waals surface area contributed by atoms with Crippen molar-refractivity contribution in [2.75, 3.05) is 13.1 Å². The molecule has 3 unspecified atom stereocenters. The lowest BCUT2D eigenvalue weighted by Crippen LogP contribution is -2.44. The number of aryl methyl sites for hydroxylation is 1. The van der Waals surface area contributed by atoms with Gasteiger partial charge >= 0.3 is 0 Å². The second-order valence-electron chi connectivity index (χ2n) is 6.40. The molecule has 5 heteroatoms. The summed E-state index contributed by atoms with van der Waals surface area (Å²) < 4.78 is 5.82. The van der Waals surface area contributed by atoms with Crippen molar-refractivity contribution in [3.8, 4) is 5.75 Å². The van der Waals surface area contributed by atoms with Gasteiger partial charge in [0, 0.05) is 25.2 Å². The number of hydrogen-bond acceptors (Lipinski definition) is 3. The minimum atomic E-state index is -0.518. The third-order valence-electron chi connectivity index (χ3n) is 4.57. The Morgan fingerprint density at radius 2 is 2.14 bits per heavy atom. The van der Waals surface area contributed by atoms with E-state index in [-0.39, 0.29) is 5.91 Å². The van der Waals surface area contributed by atoms with Gasteiger partial charge in [0.15, 0.2) is 6.10 Å². The maximum Gasteiger partial charge on any atom is 0.263 e. The molecule has 1 amide bonds. The molecule has 1 N–H and O–H groups in total. The van der Waals surface area contributed by atoms with Crippen molar-refractivity contribution in [3.63, 3.8) is 0 Å². The van der Waals surface area contributed by atoms with E-state index in [9.17, 15) is 4.79 Å². The lowest BCUT2D eigenvalue weighted by molar-refractivity contribution is -0.138. The number of carbonyl (C=O) groups excluding carboxylic acids is 1. The molecule has 0 aromatic heterocycles. The number of halogens is 1. The highest BCUT2D eigenvalue weighted by Gasteiger charge is 2.33. The SMILES string of the molecule is Cc1ccc(Cl)c(OC(C)C(=O)N2CCC3CCC(C2)N3)c1. The van der Waals surface area contributed by atoms with Crippen molar-refractivity contribution < 1.29 is 9.53 Å². The fourth-order valence-corrected chi connectivity index (χ4v) is 3.50. The molecular formula is C17H23ClN2O2. The Kier molecular flexibility index (Phi) is 4.59. The summed E-state index contributed by atoms with van der Waals surface area (Å²) in [6, 6.07) is 6.62. The van der Waals surface area contributed by atoms with Gasteiger partial charge in [0.25, 0.3) is 5.91 Å². The highest BCUT2D eigenvalue weighted by atomic mass is 35.5. The minimum absolute atomic E-state index is 0.0481. The van der Waals surface area contributed by atoms with Crippen LogP contribution in [0.15, 0.2) is 18.2 Å². The number of nitrogens with one attached hydrogen (secondary N) is 1. The van der Waals surface area contributed by atoms with Crippen LogP contribution >= 0.6 is 11.6 Å². The Morgan fingerprint density at radius 3 is 2.95 bits per heavy atom. The van der Waals surface area contributed by atoms with Crippen LogP contribution in [0.2, 0.25) is 5.02 Å². The van der Waals surface area contributed by atoms with Crippen LogP contribution in [0.5, 0.6) is 5.75 Å². The highest BCUT2D eigenvalue weighted by molar-refractivity contribution is 6.32. The quantitative estimate of drug-likeness (QED) is 0.930. The van der Waals surface area contributed by atoms with Crippen LogP contribution in [-0.2, 0) is 4.79 Å². The number of hydrogen-bond donors (Lipinski definition) is 1. The van der Waals surface area contributed by atoms with Gasteiger partial charge < -0.3 is 15.0 Å². The van der Waals surface area contributed by atoms with Crippen LogP contribution in [-0.4, -0.2) is 42.1 Å². The number of ether oxygens (including phenoxy) is 1. The van der Waals surface area contributed by atoms with E-state index in [4.69, 9.17) is 16.3 Å². The summed E-state index contributed by atoms with van der Waals surface area (Å²) in [5, 5.41) is 4.13. The molecule has 3 atom stereocenters. The molecule has 2 saturated heterocycles. The van der Waals surface area contributed by atoms with E-state index in [0.717, 1.165) is 31.5 Å². The molecule has 2 aliphatic rings. The molecule has 1 aromatic carbocycles.